The van der Waals surface area contributed by atoms with Gasteiger partial charge in [0.2, 0.25) is 20.0 Å². The van der Waals surface area contributed by atoms with Crippen LogP contribution in [-0.4, -0.2) is 94.9 Å². The Bertz CT molecular complexity index is 3120. The number of rotatable bonds is 11. The molecule has 7 aromatic rings. The molecular formula is C47H54FN15O5S2. The highest BCUT2D eigenvalue weighted by atomic mass is 32.2. The highest BCUT2D eigenvalue weighted by Crippen LogP contribution is 2.56. The minimum atomic E-state index is -3.53. The Morgan fingerprint density at radius 3 is 1.47 bits per heavy atom. The molecule has 366 valence electrons. The lowest BCUT2D eigenvalue weighted by Crippen LogP contribution is -2.59. The van der Waals surface area contributed by atoms with Crippen molar-refractivity contribution < 1.29 is 26.0 Å². The van der Waals surface area contributed by atoms with Gasteiger partial charge in [-0.15, -0.1) is 15.3 Å². The fourth-order valence-electron chi connectivity index (χ4n) is 10.6. The molecule has 5 aliphatic rings. The van der Waals surface area contributed by atoms with E-state index in [1.54, 1.807) is 114 Å². The predicted octanol–water partition coefficient (Wildman–Crippen LogP) is 5.88. The standard InChI is InChI=1S/C18H23N5O2S.C15H12FN5O.C14H19N5O2S/c1-23-17(19-21-22-23)15-2-4-16(5-3-15)26(24,25)20-18-9-12-6-13(10-18)8-14(7-12)11-18;1-21-14(18-19-20-21)10-5-7-11(8-6-10)15(22)17-13-4-2-3-12(16)9-13;1-19-14(15-17-18-19)11-7-9-13(10-8-11)22(20,21)16-12-5-3-2-4-6-12/h2-5,12-14,20H,6-11H2,1H3;2-9H,1H3,(H,17,22);7-10,12,16H,2-6H2,1H3. The third-order valence-corrected chi connectivity index (χ3v) is 16.6. The summed E-state index contributed by atoms with van der Waals surface area (Å²) >= 11 is 0. The van der Waals surface area contributed by atoms with Gasteiger partial charge in [-0.25, -0.2) is 44.7 Å². The van der Waals surface area contributed by atoms with Crippen LogP contribution in [0, 0.1) is 23.6 Å². The summed E-state index contributed by atoms with van der Waals surface area (Å²) in [5, 5.41) is 36.5. The second-order valence-electron chi connectivity index (χ2n) is 18.7. The van der Waals surface area contributed by atoms with Crippen LogP contribution in [-0.2, 0) is 41.2 Å². The molecule has 70 heavy (non-hydrogen) atoms. The van der Waals surface area contributed by atoms with Gasteiger partial charge in [-0.2, -0.15) is 0 Å². The molecule has 0 atom stereocenters. The first-order valence-corrected chi connectivity index (χ1v) is 26.2. The summed E-state index contributed by atoms with van der Waals surface area (Å²) in [5.74, 6) is 3.22. The summed E-state index contributed by atoms with van der Waals surface area (Å²) in [6.45, 7) is 0. The molecular weight excluding hydrogens is 938 g/mol. The van der Waals surface area contributed by atoms with Crippen LogP contribution in [0.2, 0.25) is 0 Å². The Balaban J connectivity index is 0.000000131. The van der Waals surface area contributed by atoms with E-state index in [0.717, 1.165) is 61.6 Å². The van der Waals surface area contributed by atoms with Crippen LogP contribution >= 0.6 is 0 Å². The molecule has 3 N–H and O–H groups in total. The van der Waals surface area contributed by atoms with Gasteiger partial charge in [-0.05, 0) is 179 Å². The quantitative estimate of drug-likeness (QED) is 0.137. The van der Waals surface area contributed by atoms with E-state index in [1.807, 2.05) is 0 Å². The number of halogens is 1. The maximum Gasteiger partial charge on any atom is 0.255 e. The van der Waals surface area contributed by atoms with Gasteiger partial charge < -0.3 is 5.32 Å². The average molecular weight is 992 g/mol. The van der Waals surface area contributed by atoms with Crippen molar-refractivity contribution in [2.45, 2.75) is 92.0 Å². The fraction of sp³-hybridized carbons (Fsp3) is 0.404. The minimum absolute atomic E-state index is 0.0568. The van der Waals surface area contributed by atoms with E-state index in [0.29, 0.717) is 51.4 Å². The Hall–Kier alpha value is -6.69. The van der Waals surface area contributed by atoms with E-state index < -0.39 is 25.9 Å². The van der Waals surface area contributed by atoms with Gasteiger partial charge in [-0.3, -0.25) is 4.79 Å². The molecule has 1 amide bonds. The number of hydrogen-bond acceptors (Lipinski definition) is 14. The monoisotopic (exact) mass is 991 g/mol. The summed E-state index contributed by atoms with van der Waals surface area (Å²) in [6.07, 6.45) is 12.1. The Morgan fingerprint density at radius 2 is 1.04 bits per heavy atom. The van der Waals surface area contributed by atoms with Gasteiger partial charge >= 0.3 is 0 Å². The Kier molecular flexibility index (Phi) is 14.0. The Labute approximate surface area is 405 Å². The molecule has 23 heteroatoms. The van der Waals surface area contributed by atoms with Gasteiger partial charge in [0.15, 0.2) is 17.5 Å². The SMILES string of the molecule is Cn1nnnc1-c1ccc(C(=O)Nc2cccc(F)c2)cc1.Cn1nnnc1-c1ccc(S(=O)(=O)NC23CC4CC(CC(C4)C2)C3)cc1.Cn1nnnc1-c1ccc(S(=O)(=O)NC2CCCCC2)cc1. The van der Waals surface area contributed by atoms with Crippen molar-refractivity contribution in [1.29, 1.82) is 0 Å². The number of anilines is 1. The molecule has 4 bridgehead atoms. The molecule has 0 saturated heterocycles. The summed E-state index contributed by atoms with van der Waals surface area (Å²) in [5.41, 5.74) is 3.03. The second-order valence-corrected chi connectivity index (χ2v) is 22.1. The van der Waals surface area contributed by atoms with E-state index in [9.17, 15) is 26.0 Å². The maximum absolute atomic E-state index is 13.1. The Morgan fingerprint density at radius 1 is 0.600 bits per heavy atom. The third-order valence-electron chi connectivity index (χ3n) is 13.5. The molecule has 12 rings (SSSR count). The molecule has 5 saturated carbocycles. The van der Waals surface area contributed by atoms with Gasteiger partial charge in [0, 0.05) is 60.7 Å². The number of tetrazole rings is 3. The topological polar surface area (TPSA) is 252 Å². The van der Waals surface area contributed by atoms with E-state index in [2.05, 4.69) is 61.3 Å². The highest BCUT2D eigenvalue weighted by Gasteiger charge is 2.52. The fourth-order valence-corrected chi connectivity index (χ4v) is 13.4. The molecule has 0 aliphatic heterocycles. The van der Waals surface area contributed by atoms with Crippen LogP contribution in [0.3, 0.4) is 0 Å². The molecule has 0 unspecified atom stereocenters. The van der Waals surface area contributed by atoms with E-state index >= 15 is 0 Å². The number of sulfonamides is 2. The summed E-state index contributed by atoms with van der Waals surface area (Å²) in [7, 11) is -1.76. The number of nitrogens with one attached hydrogen (secondary N) is 3. The van der Waals surface area contributed by atoms with Gasteiger partial charge in [0.1, 0.15) is 5.82 Å². The predicted molar refractivity (Wildman–Crippen MR) is 255 cm³/mol. The van der Waals surface area contributed by atoms with Crippen molar-refractivity contribution in [3.05, 3.63) is 108 Å². The molecule has 5 fully saturated rings. The van der Waals surface area contributed by atoms with Crippen LogP contribution in [0.5, 0.6) is 0 Å². The summed E-state index contributed by atoms with van der Waals surface area (Å²) in [4.78, 5) is 12.7. The normalized spacial score (nSPS) is 20.8. The van der Waals surface area contributed by atoms with Crippen LogP contribution in [0.25, 0.3) is 34.2 Å². The van der Waals surface area contributed by atoms with Crippen LogP contribution in [0.4, 0.5) is 10.1 Å². The zero-order valence-electron chi connectivity index (χ0n) is 38.9. The van der Waals surface area contributed by atoms with Gasteiger partial charge in [0.05, 0.1) is 9.79 Å². The number of aryl methyl sites for hydroxylation is 3. The molecule has 3 heterocycles. The van der Waals surface area contributed by atoms with Crippen LogP contribution in [0.15, 0.2) is 107 Å². The van der Waals surface area contributed by atoms with Crippen LogP contribution < -0.4 is 14.8 Å². The first-order chi connectivity index (χ1) is 33.6. The third kappa shape index (κ3) is 11.2. The average Bonchev–Trinajstić information content (AvgIpc) is 4.10. The number of aromatic nitrogens is 12. The zero-order valence-corrected chi connectivity index (χ0v) is 40.6. The van der Waals surface area contributed by atoms with Crippen molar-refractivity contribution in [2.75, 3.05) is 5.32 Å². The largest absolute Gasteiger partial charge is 0.322 e. The van der Waals surface area contributed by atoms with Crippen molar-refractivity contribution in [3.8, 4) is 34.2 Å². The first kappa shape index (κ1) is 48.3. The lowest BCUT2D eigenvalue weighted by Gasteiger charge is -2.56. The van der Waals surface area contributed by atoms with E-state index in [-0.39, 0.29) is 22.4 Å². The molecule has 4 aromatic carbocycles. The number of carbonyl (C=O) groups is 1. The van der Waals surface area contributed by atoms with Crippen molar-refractivity contribution >= 4 is 31.6 Å². The number of nitrogens with zero attached hydrogens (tertiary/aromatic N) is 12. The maximum atomic E-state index is 13.1. The number of carbonyl (C=O) groups excluding carboxylic acids is 1. The van der Waals surface area contributed by atoms with E-state index in [4.69, 9.17) is 0 Å². The highest BCUT2D eigenvalue weighted by molar-refractivity contribution is 7.89. The smallest absolute Gasteiger partial charge is 0.255 e. The molecule has 0 radical (unpaired) electrons. The second kappa shape index (κ2) is 20.3. The zero-order chi connectivity index (χ0) is 49.0. The summed E-state index contributed by atoms with van der Waals surface area (Å²) in [6, 6.07) is 26.1. The van der Waals surface area contributed by atoms with E-state index in [1.165, 1.54) is 43.9 Å². The number of hydrogen-bond donors (Lipinski definition) is 3. The van der Waals surface area contributed by atoms with Crippen LogP contribution in [0.1, 0.15) is 81.0 Å². The van der Waals surface area contributed by atoms with Gasteiger partial charge in [0.25, 0.3) is 5.91 Å². The molecule has 3 aromatic heterocycles. The summed E-state index contributed by atoms with van der Waals surface area (Å²) < 4.78 is 74.5. The van der Waals surface area contributed by atoms with Gasteiger partial charge in [-0.1, -0.05) is 37.5 Å². The molecule has 0 spiro atoms. The van der Waals surface area contributed by atoms with Crippen molar-refractivity contribution in [3.63, 3.8) is 0 Å². The number of benzene rings is 4. The lowest BCUT2D eigenvalue weighted by atomic mass is 9.53. The molecule has 5 aliphatic carbocycles. The van der Waals surface area contributed by atoms with Crippen molar-refractivity contribution in [1.82, 2.24) is 70.1 Å². The first-order valence-electron chi connectivity index (χ1n) is 23.2. The lowest BCUT2D eigenvalue weighted by molar-refractivity contribution is -0.00810. The number of amides is 1. The molecule has 20 nitrogen and oxygen atoms in total. The minimum Gasteiger partial charge on any atom is -0.322 e. The van der Waals surface area contributed by atoms with Crippen molar-refractivity contribution in [2.24, 2.45) is 38.9 Å².